The van der Waals surface area contributed by atoms with Crippen molar-refractivity contribution in [2.75, 3.05) is 10.6 Å². The van der Waals surface area contributed by atoms with Crippen LogP contribution < -0.4 is 10.6 Å². The number of nitrogens with one attached hydrogen (secondary N) is 2. The number of aromatic nitrogens is 1. The van der Waals surface area contributed by atoms with Gasteiger partial charge in [-0.2, -0.15) is 5.26 Å². The number of benzene rings is 2. The fourth-order valence-electron chi connectivity index (χ4n) is 2.50. The number of nitriles is 1. The van der Waals surface area contributed by atoms with Crippen molar-refractivity contribution in [3.63, 3.8) is 0 Å². The SMILES string of the molecule is Cc1ccccc1CC(=O)Nc1ccc(Nc2ccc(C#N)cc2)nc1. The number of nitrogens with zero attached hydrogens (tertiary/aromatic N) is 2. The van der Waals surface area contributed by atoms with Crippen LogP contribution in [0, 0.1) is 18.3 Å². The molecule has 5 nitrogen and oxygen atoms in total. The maximum Gasteiger partial charge on any atom is 0.228 e. The second-order valence-corrected chi connectivity index (χ2v) is 5.90. The minimum Gasteiger partial charge on any atom is -0.340 e. The highest BCUT2D eigenvalue weighted by Gasteiger charge is 2.06. The Kier molecular flexibility index (Phi) is 5.25. The molecule has 2 aromatic carbocycles. The van der Waals surface area contributed by atoms with E-state index in [4.69, 9.17) is 5.26 Å². The zero-order valence-electron chi connectivity index (χ0n) is 14.4. The van der Waals surface area contributed by atoms with Crippen LogP contribution >= 0.6 is 0 Å². The predicted molar refractivity (Wildman–Crippen MR) is 102 cm³/mol. The first-order chi connectivity index (χ1) is 12.6. The van der Waals surface area contributed by atoms with Gasteiger partial charge in [0.2, 0.25) is 5.91 Å². The van der Waals surface area contributed by atoms with Crippen molar-refractivity contribution in [1.82, 2.24) is 4.98 Å². The fraction of sp³-hybridized carbons (Fsp3) is 0.0952. The topological polar surface area (TPSA) is 77.8 Å². The van der Waals surface area contributed by atoms with E-state index < -0.39 is 0 Å². The number of rotatable bonds is 5. The number of anilines is 3. The Morgan fingerprint density at radius 2 is 1.77 bits per heavy atom. The summed E-state index contributed by atoms with van der Waals surface area (Å²) in [7, 11) is 0. The van der Waals surface area contributed by atoms with Crippen molar-refractivity contribution in [3.8, 4) is 6.07 Å². The van der Waals surface area contributed by atoms with E-state index in [2.05, 4.69) is 21.7 Å². The Morgan fingerprint density at radius 1 is 1.04 bits per heavy atom. The Morgan fingerprint density at radius 3 is 2.42 bits per heavy atom. The molecule has 0 saturated heterocycles. The van der Waals surface area contributed by atoms with Crippen molar-refractivity contribution < 1.29 is 4.79 Å². The highest BCUT2D eigenvalue weighted by atomic mass is 16.1. The standard InChI is InChI=1S/C21H18N4O/c1-15-4-2-3-5-17(15)12-21(26)25-19-10-11-20(23-14-19)24-18-8-6-16(13-22)7-9-18/h2-11,14H,12H2,1H3,(H,23,24)(H,25,26). The van der Waals surface area contributed by atoms with Crippen LogP contribution in [0.1, 0.15) is 16.7 Å². The van der Waals surface area contributed by atoms with Gasteiger partial charge in [-0.15, -0.1) is 0 Å². The van der Waals surface area contributed by atoms with Gasteiger partial charge in [-0.25, -0.2) is 4.98 Å². The van der Waals surface area contributed by atoms with Crippen molar-refractivity contribution in [2.24, 2.45) is 0 Å². The van der Waals surface area contributed by atoms with Crippen LogP contribution in [-0.4, -0.2) is 10.9 Å². The molecule has 0 aliphatic rings. The van der Waals surface area contributed by atoms with Crippen LogP contribution in [0.15, 0.2) is 66.9 Å². The van der Waals surface area contributed by atoms with Gasteiger partial charge in [-0.1, -0.05) is 24.3 Å². The molecule has 0 aliphatic heterocycles. The number of aryl methyl sites for hydroxylation is 1. The molecule has 0 unspecified atom stereocenters. The lowest BCUT2D eigenvalue weighted by Crippen LogP contribution is -2.15. The Balaban J connectivity index is 1.59. The summed E-state index contributed by atoms with van der Waals surface area (Å²) in [6, 6.07) is 20.6. The molecule has 0 saturated carbocycles. The van der Waals surface area contributed by atoms with Gasteiger partial charge in [-0.3, -0.25) is 4.79 Å². The van der Waals surface area contributed by atoms with E-state index in [1.165, 1.54) is 0 Å². The highest BCUT2D eigenvalue weighted by Crippen LogP contribution is 2.17. The van der Waals surface area contributed by atoms with Gasteiger partial charge in [0.15, 0.2) is 0 Å². The lowest BCUT2D eigenvalue weighted by Gasteiger charge is -2.09. The number of hydrogen-bond donors (Lipinski definition) is 2. The summed E-state index contributed by atoms with van der Waals surface area (Å²) in [5.41, 5.74) is 4.21. The largest absolute Gasteiger partial charge is 0.340 e. The van der Waals surface area contributed by atoms with Gasteiger partial charge in [0.1, 0.15) is 5.82 Å². The van der Waals surface area contributed by atoms with Crippen LogP contribution in [0.25, 0.3) is 0 Å². The number of carbonyl (C=O) groups excluding carboxylic acids is 1. The summed E-state index contributed by atoms with van der Waals surface area (Å²) in [6.45, 7) is 1.99. The molecule has 1 amide bonds. The lowest BCUT2D eigenvalue weighted by molar-refractivity contribution is -0.115. The minimum absolute atomic E-state index is 0.0751. The molecule has 2 N–H and O–H groups in total. The van der Waals surface area contributed by atoms with Crippen LogP contribution in [0.5, 0.6) is 0 Å². The molecule has 0 aliphatic carbocycles. The van der Waals surface area contributed by atoms with E-state index in [-0.39, 0.29) is 5.91 Å². The van der Waals surface area contributed by atoms with Gasteiger partial charge in [0.05, 0.1) is 29.9 Å². The third kappa shape index (κ3) is 4.46. The molecular formula is C21H18N4O. The molecule has 0 fully saturated rings. The van der Waals surface area contributed by atoms with Crippen LogP contribution in [0.2, 0.25) is 0 Å². The van der Waals surface area contributed by atoms with Gasteiger partial charge in [0.25, 0.3) is 0 Å². The molecule has 128 valence electrons. The molecule has 0 radical (unpaired) electrons. The number of pyridine rings is 1. The fourth-order valence-corrected chi connectivity index (χ4v) is 2.50. The van der Waals surface area contributed by atoms with Crippen LogP contribution in [-0.2, 0) is 11.2 Å². The summed E-state index contributed by atoms with van der Waals surface area (Å²) in [5.74, 6) is 0.584. The molecule has 0 bridgehead atoms. The summed E-state index contributed by atoms with van der Waals surface area (Å²) in [6.07, 6.45) is 1.94. The molecule has 0 spiro atoms. The van der Waals surface area contributed by atoms with Gasteiger partial charge in [0, 0.05) is 5.69 Å². The minimum atomic E-state index is -0.0751. The first kappa shape index (κ1) is 17.2. The van der Waals surface area contributed by atoms with E-state index >= 15 is 0 Å². The number of amides is 1. The molecule has 0 atom stereocenters. The summed E-state index contributed by atoms with van der Waals surface area (Å²) < 4.78 is 0. The van der Waals surface area contributed by atoms with E-state index in [9.17, 15) is 4.79 Å². The van der Waals surface area contributed by atoms with Crippen molar-refractivity contribution in [2.45, 2.75) is 13.3 Å². The Bertz CT molecular complexity index is 941. The van der Waals surface area contributed by atoms with Gasteiger partial charge in [-0.05, 0) is 54.4 Å². The smallest absolute Gasteiger partial charge is 0.228 e. The normalized spacial score (nSPS) is 10.0. The molecule has 1 aromatic heterocycles. The van der Waals surface area contributed by atoms with Gasteiger partial charge >= 0.3 is 0 Å². The van der Waals surface area contributed by atoms with Crippen LogP contribution in [0.3, 0.4) is 0 Å². The molecule has 26 heavy (non-hydrogen) atoms. The lowest BCUT2D eigenvalue weighted by atomic mass is 10.1. The third-order valence-electron chi connectivity index (χ3n) is 3.95. The highest BCUT2D eigenvalue weighted by molar-refractivity contribution is 5.92. The number of carbonyl (C=O) groups is 1. The van der Waals surface area contributed by atoms with Crippen molar-refractivity contribution >= 4 is 23.1 Å². The Hall–Kier alpha value is -3.65. The average molecular weight is 342 g/mol. The first-order valence-electron chi connectivity index (χ1n) is 8.21. The molecular weight excluding hydrogens is 324 g/mol. The zero-order chi connectivity index (χ0) is 18.4. The molecule has 3 rings (SSSR count). The maximum atomic E-state index is 12.2. The first-order valence-corrected chi connectivity index (χ1v) is 8.21. The van der Waals surface area contributed by atoms with E-state index in [0.29, 0.717) is 23.5 Å². The summed E-state index contributed by atoms with van der Waals surface area (Å²) in [5, 5.41) is 14.8. The van der Waals surface area contributed by atoms with E-state index in [1.54, 1.807) is 30.5 Å². The maximum absolute atomic E-state index is 12.2. The van der Waals surface area contributed by atoms with Gasteiger partial charge < -0.3 is 10.6 Å². The Labute approximate surface area is 152 Å². The van der Waals surface area contributed by atoms with E-state index in [0.717, 1.165) is 16.8 Å². The molecule has 3 aromatic rings. The van der Waals surface area contributed by atoms with E-state index in [1.807, 2.05) is 43.3 Å². The average Bonchev–Trinajstić information content (AvgIpc) is 2.66. The second-order valence-electron chi connectivity index (χ2n) is 5.90. The quantitative estimate of drug-likeness (QED) is 0.729. The summed E-state index contributed by atoms with van der Waals surface area (Å²) >= 11 is 0. The number of hydrogen-bond acceptors (Lipinski definition) is 4. The van der Waals surface area contributed by atoms with Crippen molar-refractivity contribution in [1.29, 1.82) is 5.26 Å². The van der Waals surface area contributed by atoms with Crippen molar-refractivity contribution in [3.05, 3.63) is 83.6 Å². The second kappa shape index (κ2) is 7.95. The molecule has 5 heteroatoms. The molecule has 1 heterocycles. The monoisotopic (exact) mass is 342 g/mol. The zero-order valence-corrected chi connectivity index (χ0v) is 14.4. The van der Waals surface area contributed by atoms with Crippen LogP contribution in [0.4, 0.5) is 17.2 Å². The predicted octanol–water partition coefficient (Wildman–Crippen LogP) is 4.19. The summed E-state index contributed by atoms with van der Waals surface area (Å²) in [4.78, 5) is 16.5. The third-order valence-corrected chi connectivity index (χ3v) is 3.95.